The quantitative estimate of drug-likeness (QED) is 0.770. The van der Waals surface area contributed by atoms with Gasteiger partial charge in [0.05, 0.1) is 6.42 Å². The van der Waals surface area contributed by atoms with E-state index in [2.05, 4.69) is 0 Å². The second kappa shape index (κ2) is 4.98. The van der Waals surface area contributed by atoms with Gasteiger partial charge < -0.3 is 15.9 Å². The molecule has 0 aliphatic carbocycles. The molecule has 0 radical (unpaired) electrons. The Kier molecular flexibility index (Phi) is 4.02. The van der Waals surface area contributed by atoms with Crippen LogP contribution in [-0.2, 0) is 10.2 Å². The molecule has 0 saturated carbocycles. The highest BCUT2D eigenvalue weighted by atomic mass is 16.4. The van der Waals surface area contributed by atoms with Crippen LogP contribution < -0.4 is 5.73 Å². The Bertz CT molecular complexity index is 461. The van der Waals surface area contributed by atoms with Gasteiger partial charge in [-0.05, 0) is 35.1 Å². The minimum atomic E-state index is -0.925. The van der Waals surface area contributed by atoms with Crippen LogP contribution in [0, 0.1) is 6.92 Å². The lowest BCUT2D eigenvalue weighted by atomic mass is 9.83. The number of rotatable bonds is 3. The zero-order valence-electron chi connectivity index (χ0n) is 11.3. The first-order valence-electron chi connectivity index (χ1n) is 5.94. The molecule has 0 heterocycles. The highest BCUT2D eigenvalue weighted by molar-refractivity contribution is 5.68. The zero-order valence-corrected chi connectivity index (χ0v) is 11.3. The molecular formula is C14H21NO3. The Balaban J connectivity index is 3.24. The van der Waals surface area contributed by atoms with Crippen molar-refractivity contribution >= 4 is 5.97 Å². The van der Waals surface area contributed by atoms with Crippen LogP contribution in [0.25, 0.3) is 0 Å². The smallest absolute Gasteiger partial charge is 0.305 e. The monoisotopic (exact) mass is 251 g/mol. The van der Waals surface area contributed by atoms with Gasteiger partial charge in [0.15, 0.2) is 0 Å². The van der Waals surface area contributed by atoms with Crippen molar-refractivity contribution < 1.29 is 15.0 Å². The molecule has 1 rings (SSSR count). The predicted molar refractivity (Wildman–Crippen MR) is 70.7 cm³/mol. The van der Waals surface area contributed by atoms with E-state index in [1.807, 2.05) is 20.8 Å². The van der Waals surface area contributed by atoms with E-state index < -0.39 is 12.0 Å². The third-order valence-electron chi connectivity index (χ3n) is 2.95. The van der Waals surface area contributed by atoms with E-state index in [0.717, 1.165) is 16.7 Å². The first-order valence-corrected chi connectivity index (χ1v) is 5.94. The topological polar surface area (TPSA) is 83.6 Å². The molecule has 4 N–H and O–H groups in total. The predicted octanol–water partition coefficient (Wildman–Crippen LogP) is 2.47. The van der Waals surface area contributed by atoms with E-state index in [-0.39, 0.29) is 17.6 Å². The standard InChI is InChI=1S/C14H21NO3/c1-8-5-9(11(15)7-12(16)17)6-10(13(8)18)14(2,3)4/h5-6,11,18H,7,15H2,1-4H3,(H,16,17). The zero-order chi connectivity index (χ0) is 14.1. The van der Waals surface area contributed by atoms with Crippen LogP contribution in [0.15, 0.2) is 12.1 Å². The van der Waals surface area contributed by atoms with Crippen molar-refractivity contribution in [3.05, 3.63) is 28.8 Å². The molecule has 18 heavy (non-hydrogen) atoms. The van der Waals surface area contributed by atoms with E-state index in [0.29, 0.717) is 0 Å². The number of phenols is 1. The summed E-state index contributed by atoms with van der Waals surface area (Å²) in [6, 6.07) is 3.00. The number of aryl methyl sites for hydroxylation is 1. The SMILES string of the molecule is Cc1cc(C(N)CC(=O)O)cc(C(C)(C)C)c1O. The molecule has 100 valence electrons. The van der Waals surface area contributed by atoms with E-state index in [9.17, 15) is 9.90 Å². The number of carboxylic acids is 1. The van der Waals surface area contributed by atoms with Crippen molar-refractivity contribution in [3.8, 4) is 5.75 Å². The first kappa shape index (κ1) is 14.5. The van der Waals surface area contributed by atoms with Gasteiger partial charge >= 0.3 is 5.97 Å². The summed E-state index contributed by atoms with van der Waals surface area (Å²) in [4.78, 5) is 10.7. The number of hydrogen-bond donors (Lipinski definition) is 3. The van der Waals surface area contributed by atoms with Crippen molar-refractivity contribution in [1.29, 1.82) is 0 Å². The number of carbonyl (C=O) groups is 1. The van der Waals surface area contributed by atoms with Crippen molar-refractivity contribution in [3.63, 3.8) is 0 Å². The van der Waals surface area contributed by atoms with Crippen LogP contribution in [0.3, 0.4) is 0 Å². The number of nitrogens with two attached hydrogens (primary N) is 1. The maximum atomic E-state index is 10.7. The summed E-state index contributed by atoms with van der Waals surface area (Å²) in [6.45, 7) is 7.78. The van der Waals surface area contributed by atoms with E-state index in [4.69, 9.17) is 10.8 Å². The van der Waals surface area contributed by atoms with Gasteiger partial charge in [-0.1, -0.05) is 26.8 Å². The van der Waals surface area contributed by atoms with Gasteiger partial charge in [0, 0.05) is 6.04 Å². The van der Waals surface area contributed by atoms with Gasteiger partial charge in [-0.25, -0.2) is 0 Å². The number of aromatic hydroxyl groups is 1. The van der Waals surface area contributed by atoms with Gasteiger partial charge in [-0.2, -0.15) is 0 Å². The highest BCUT2D eigenvalue weighted by Gasteiger charge is 2.22. The fourth-order valence-corrected chi connectivity index (χ4v) is 1.90. The molecule has 0 bridgehead atoms. The van der Waals surface area contributed by atoms with E-state index in [1.54, 1.807) is 19.1 Å². The summed E-state index contributed by atoms with van der Waals surface area (Å²) in [5, 5.41) is 18.8. The lowest BCUT2D eigenvalue weighted by Crippen LogP contribution is -2.18. The molecule has 4 heteroatoms. The molecule has 0 spiro atoms. The molecule has 1 aromatic carbocycles. The highest BCUT2D eigenvalue weighted by Crippen LogP contribution is 2.35. The Labute approximate surface area is 107 Å². The molecule has 4 nitrogen and oxygen atoms in total. The Morgan fingerprint density at radius 3 is 2.39 bits per heavy atom. The van der Waals surface area contributed by atoms with Crippen LogP contribution in [0.1, 0.15) is 49.9 Å². The number of phenolic OH excluding ortho intramolecular Hbond substituents is 1. The minimum Gasteiger partial charge on any atom is -0.507 e. The number of benzene rings is 1. The maximum Gasteiger partial charge on any atom is 0.305 e. The van der Waals surface area contributed by atoms with Gasteiger partial charge in [0.1, 0.15) is 5.75 Å². The second-order valence-corrected chi connectivity index (χ2v) is 5.69. The molecule has 0 amide bonds. The van der Waals surface area contributed by atoms with Gasteiger partial charge in [0.25, 0.3) is 0 Å². The largest absolute Gasteiger partial charge is 0.507 e. The number of hydrogen-bond acceptors (Lipinski definition) is 3. The third-order valence-corrected chi connectivity index (χ3v) is 2.95. The summed E-state index contributed by atoms with van der Waals surface area (Å²) in [7, 11) is 0. The molecular weight excluding hydrogens is 230 g/mol. The van der Waals surface area contributed by atoms with E-state index >= 15 is 0 Å². The van der Waals surface area contributed by atoms with Crippen LogP contribution in [-0.4, -0.2) is 16.2 Å². The normalized spacial score (nSPS) is 13.4. The minimum absolute atomic E-state index is 0.117. The Morgan fingerprint density at radius 2 is 1.94 bits per heavy atom. The Morgan fingerprint density at radius 1 is 1.39 bits per heavy atom. The molecule has 1 atom stereocenters. The van der Waals surface area contributed by atoms with Gasteiger partial charge in [-0.15, -0.1) is 0 Å². The van der Waals surface area contributed by atoms with Crippen LogP contribution in [0.5, 0.6) is 5.75 Å². The van der Waals surface area contributed by atoms with Gasteiger partial charge in [0.2, 0.25) is 0 Å². The summed E-state index contributed by atoms with van der Waals surface area (Å²) < 4.78 is 0. The summed E-state index contributed by atoms with van der Waals surface area (Å²) in [6.07, 6.45) is -0.117. The number of aliphatic carboxylic acids is 1. The van der Waals surface area contributed by atoms with Crippen molar-refractivity contribution in [2.45, 2.75) is 45.6 Å². The fraction of sp³-hybridized carbons (Fsp3) is 0.500. The van der Waals surface area contributed by atoms with Crippen LogP contribution >= 0.6 is 0 Å². The summed E-state index contributed by atoms with van der Waals surface area (Å²) >= 11 is 0. The summed E-state index contributed by atoms with van der Waals surface area (Å²) in [5.41, 5.74) is 7.91. The Hall–Kier alpha value is -1.55. The molecule has 0 aromatic heterocycles. The molecule has 0 saturated heterocycles. The second-order valence-electron chi connectivity index (χ2n) is 5.69. The molecule has 1 aromatic rings. The fourth-order valence-electron chi connectivity index (χ4n) is 1.90. The third kappa shape index (κ3) is 3.23. The van der Waals surface area contributed by atoms with Crippen molar-refractivity contribution in [2.24, 2.45) is 5.73 Å². The van der Waals surface area contributed by atoms with Crippen molar-refractivity contribution in [2.75, 3.05) is 0 Å². The summed E-state index contributed by atoms with van der Waals surface area (Å²) in [5.74, 6) is -0.667. The van der Waals surface area contributed by atoms with Crippen molar-refractivity contribution in [1.82, 2.24) is 0 Å². The average Bonchev–Trinajstić information content (AvgIpc) is 2.18. The molecule has 0 aliphatic heterocycles. The average molecular weight is 251 g/mol. The molecule has 0 fully saturated rings. The number of carboxylic acid groups (broad SMARTS) is 1. The lowest BCUT2D eigenvalue weighted by Gasteiger charge is -2.24. The van der Waals surface area contributed by atoms with Crippen LogP contribution in [0.4, 0.5) is 0 Å². The first-order chi connectivity index (χ1) is 8.12. The molecule has 0 aliphatic rings. The molecule has 1 unspecified atom stereocenters. The maximum absolute atomic E-state index is 10.7. The lowest BCUT2D eigenvalue weighted by molar-refractivity contribution is -0.137. The van der Waals surface area contributed by atoms with Gasteiger partial charge in [-0.3, -0.25) is 4.79 Å². The van der Waals surface area contributed by atoms with Crippen LogP contribution in [0.2, 0.25) is 0 Å². The van der Waals surface area contributed by atoms with E-state index in [1.165, 1.54) is 0 Å².